The van der Waals surface area contributed by atoms with Crippen LogP contribution in [0, 0.1) is 5.92 Å². The van der Waals surface area contributed by atoms with Crippen molar-refractivity contribution < 1.29 is 19.5 Å². The number of carbonyl (C=O) groups is 3. The molecule has 26 heavy (non-hydrogen) atoms. The first-order valence-electron chi connectivity index (χ1n) is 8.64. The van der Waals surface area contributed by atoms with Crippen molar-refractivity contribution >= 4 is 35.0 Å². The monoisotopic (exact) mass is 379 g/mol. The average Bonchev–Trinajstić information content (AvgIpc) is 2.59. The summed E-state index contributed by atoms with van der Waals surface area (Å²) in [6.45, 7) is 2.11. The van der Waals surface area contributed by atoms with Gasteiger partial charge in [-0.1, -0.05) is 50.3 Å². The number of aliphatic hydroxyl groups is 1. The molecule has 0 aromatic carbocycles. The van der Waals surface area contributed by atoms with E-state index < -0.39 is 29.1 Å². The Kier molecular flexibility index (Phi) is 7.15. The number of dihydropyridines is 1. The summed E-state index contributed by atoms with van der Waals surface area (Å²) in [7, 11) is 0. The van der Waals surface area contributed by atoms with Crippen LogP contribution in [0.4, 0.5) is 0 Å². The zero-order chi connectivity index (χ0) is 19.1. The Balaban J connectivity index is 1.89. The van der Waals surface area contributed by atoms with Gasteiger partial charge in [-0.25, -0.2) is 4.99 Å². The van der Waals surface area contributed by atoms with Crippen molar-refractivity contribution in [2.45, 2.75) is 45.4 Å². The largest absolute Gasteiger partial charge is 0.510 e. The van der Waals surface area contributed by atoms with Gasteiger partial charge in [-0.3, -0.25) is 25.2 Å². The number of unbranched alkanes of at least 4 members (excludes halogenated alkanes) is 4. The van der Waals surface area contributed by atoms with Gasteiger partial charge >= 0.3 is 0 Å². The number of hydrogen-bond donors (Lipinski definition) is 3. The van der Waals surface area contributed by atoms with Crippen molar-refractivity contribution in [3.63, 3.8) is 0 Å². The molecule has 0 radical (unpaired) electrons. The Hall–Kier alpha value is -2.41. The second-order valence-corrected chi connectivity index (χ2v) is 6.57. The number of aliphatic imine (C=N–C) groups is 1. The van der Waals surface area contributed by atoms with Gasteiger partial charge in [0.25, 0.3) is 11.8 Å². The SMILES string of the molecule is CCCCCCCC(=O)NNC(=O)C1=C(O)C2C=CC(Cl)=CC2=NC1=O. The molecule has 140 valence electrons. The summed E-state index contributed by atoms with van der Waals surface area (Å²) in [6.07, 6.45) is 9.82. The van der Waals surface area contributed by atoms with Crippen molar-refractivity contribution in [2.24, 2.45) is 10.9 Å². The van der Waals surface area contributed by atoms with Crippen LogP contribution >= 0.6 is 11.6 Å². The van der Waals surface area contributed by atoms with Crippen LogP contribution in [-0.2, 0) is 14.4 Å². The number of carbonyl (C=O) groups excluding carboxylic acids is 3. The number of fused-ring (bicyclic) bond motifs is 1. The number of hydrazine groups is 1. The van der Waals surface area contributed by atoms with E-state index in [9.17, 15) is 19.5 Å². The molecule has 0 aromatic heterocycles. The molecule has 0 spiro atoms. The molecule has 1 aliphatic carbocycles. The van der Waals surface area contributed by atoms with Gasteiger partial charge in [-0.05, 0) is 18.6 Å². The first-order chi connectivity index (χ1) is 12.4. The van der Waals surface area contributed by atoms with Crippen molar-refractivity contribution in [1.82, 2.24) is 10.9 Å². The molecule has 2 rings (SSSR count). The fourth-order valence-electron chi connectivity index (χ4n) is 2.69. The van der Waals surface area contributed by atoms with E-state index in [0.29, 0.717) is 5.03 Å². The maximum absolute atomic E-state index is 12.2. The molecule has 0 saturated carbocycles. The third-order valence-corrected chi connectivity index (χ3v) is 4.33. The topological polar surface area (TPSA) is 108 Å². The molecule has 1 unspecified atom stereocenters. The quantitative estimate of drug-likeness (QED) is 0.359. The van der Waals surface area contributed by atoms with Gasteiger partial charge < -0.3 is 5.11 Å². The molecular weight excluding hydrogens is 358 g/mol. The van der Waals surface area contributed by atoms with Crippen LogP contribution < -0.4 is 10.9 Å². The standard InChI is InChI=1S/C18H22ClN3O4/c1-2-3-4-5-6-7-14(23)21-22-18(26)15-16(24)12-9-8-11(19)10-13(12)20-17(15)25/h8-10,12,24H,2-7H2,1H3,(H,21,23)(H,22,26). The molecule has 0 fully saturated rings. The van der Waals surface area contributed by atoms with Crippen LogP contribution in [0.5, 0.6) is 0 Å². The maximum atomic E-state index is 12.2. The van der Waals surface area contributed by atoms with E-state index >= 15 is 0 Å². The van der Waals surface area contributed by atoms with Crippen molar-refractivity contribution in [3.05, 3.63) is 34.6 Å². The number of aliphatic hydroxyl groups excluding tert-OH is 1. The third kappa shape index (κ3) is 5.05. The van der Waals surface area contributed by atoms with E-state index in [2.05, 4.69) is 22.8 Å². The van der Waals surface area contributed by atoms with Crippen molar-refractivity contribution in [3.8, 4) is 0 Å². The molecule has 0 bridgehead atoms. The van der Waals surface area contributed by atoms with Gasteiger partial charge in [0.15, 0.2) is 0 Å². The number of nitrogens with zero attached hydrogens (tertiary/aromatic N) is 1. The molecular formula is C18H22ClN3O4. The molecule has 3 N–H and O–H groups in total. The highest BCUT2D eigenvalue weighted by Crippen LogP contribution is 2.28. The van der Waals surface area contributed by atoms with E-state index in [1.807, 2.05) is 0 Å². The molecule has 8 heteroatoms. The Morgan fingerprint density at radius 1 is 1.23 bits per heavy atom. The summed E-state index contributed by atoms with van der Waals surface area (Å²) < 4.78 is 0. The molecule has 1 aliphatic heterocycles. The van der Waals surface area contributed by atoms with Crippen LogP contribution in [0.25, 0.3) is 0 Å². The smallest absolute Gasteiger partial charge is 0.286 e. The van der Waals surface area contributed by atoms with Crippen LogP contribution in [-0.4, -0.2) is 28.5 Å². The number of nitrogens with one attached hydrogen (secondary N) is 2. The lowest BCUT2D eigenvalue weighted by Crippen LogP contribution is -2.44. The van der Waals surface area contributed by atoms with Crippen molar-refractivity contribution in [1.29, 1.82) is 0 Å². The average molecular weight is 380 g/mol. The Morgan fingerprint density at radius 3 is 2.69 bits per heavy atom. The molecule has 7 nitrogen and oxygen atoms in total. The summed E-state index contributed by atoms with van der Waals surface area (Å²) >= 11 is 5.84. The van der Waals surface area contributed by atoms with Crippen LogP contribution in [0.1, 0.15) is 45.4 Å². The first kappa shape index (κ1) is 19.9. The molecule has 3 amide bonds. The first-order valence-corrected chi connectivity index (χ1v) is 9.02. The Bertz CT molecular complexity index is 722. The van der Waals surface area contributed by atoms with Gasteiger partial charge in [-0.2, -0.15) is 0 Å². The van der Waals surface area contributed by atoms with Crippen molar-refractivity contribution in [2.75, 3.05) is 0 Å². The van der Waals surface area contributed by atoms with Gasteiger partial charge in [0.1, 0.15) is 11.3 Å². The summed E-state index contributed by atoms with van der Waals surface area (Å²) in [5.41, 5.74) is 4.20. The lowest BCUT2D eigenvalue weighted by Gasteiger charge is -2.22. The minimum Gasteiger partial charge on any atom is -0.510 e. The fourth-order valence-corrected chi connectivity index (χ4v) is 2.88. The van der Waals surface area contributed by atoms with E-state index in [0.717, 1.165) is 32.1 Å². The lowest BCUT2D eigenvalue weighted by atomic mass is 9.90. The van der Waals surface area contributed by atoms with E-state index in [-0.39, 0.29) is 18.0 Å². The van der Waals surface area contributed by atoms with E-state index in [1.54, 1.807) is 12.2 Å². The highest BCUT2D eigenvalue weighted by molar-refractivity contribution is 6.34. The lowest BCUT2D eigenvalue weighted by molar-refractivity contribution is -0.129. The normalized spacial score (nSPS) is 18.8. The van der Waals surface area contributed by atoms with E-state index in [4.69, 9.17) is 11.6 Å². The molecule has 0 aromatic rings. The van der Waals surface area contributed by atoms with Crippen LogP contribution in [0.2, 0.25) is 0 Å². The predicted octanol–water partition coefficient (Wildman–Crippen LogP) is 2.60. The maximum Gasteiger partial charge on any atom is 0.286 e. The fraction of sp³-hybridized carbons (Fsp3) is 0.444. The van der Waals surface area contributed by atoms with Crippen LogP contribution in [0.3, 0.4) is 0 Å². The van der Waals surface area contributed by atoms with Gasteiger partial charge in [0.05, 0.1) is 11.6 Å². The minimum absolute atomic E-state index is 0.271. The summed E-state index contributed by atoms with van der Waals surface area (Å²) in [6, 6.07) is 0. The number of amides is 3. The van der Waals surface area contributed by atoms with Crippen LogP contribution in [0.15, 0.2) is 39.6 Å². The molecule has 2 aliphatic rings. The predicted molar refractivity (Wildman–Crippen MR) is 98.3 cm³/mol. The number of rotatable bonds is 7. The Morgan fingerprint density at radius 2 is 1.96 bits per heavy atom. The highest BCUT2D eigenvalue weighted by Gasteiger charge is 2.34. The summed E-state index contributed by atoms with van der Waals surface area (Å²) in [4.78, 5) is 39.8. The van der Waals surface area contributed by atoms with Gasteiger partial charge in [-0.15, -0.1) is 0 Å². The minimum atomic E-state index is -0.899. The number of allylic oxidation sites excluding steroid dienone is 4. The highest BCUT2D eigenvalue weighted by atomic mass is 35.5. The Labute approximate surface area is 156 Å². The van der Waals surface area contributed by atoms with Gasteiger partial charge in [0, 0.05) is 11.5 Å². The van der Waals surface area contributed by atoms with Gasteiger partial charge in [0.2, 0.25) is 5.91 Å². The zero-order valence-electron chi connectivity index (χ0n) is 14.5. The summed E-state index contributed by atoms with van der Waals surface area (Å²) in [5.74, 6) is -3.25. The van der Waals surface area contributed by atoms with E-state index in [1.165, 1.54) is 6.08 Å². The zero-order valence-corrected chi connectivity index (χ0v) is 15.3. The molecule has 1 atom stereocenters. The number of halogens is 1. The molecule has 1 heterocycles. The summed E-state index contributed by atoms with van der Waals surface area (Å²) in [5, 5.41) is 10.6. The second-order valence-electron chi connectivity index (χ2n) is 6.13. The second kappa shape index (κ2) is 9.33. The number of hydrogen-bond acceptors (Lipinski definition) is 4. The third-order valence-electron chi connectivity index (χ3n) is 4.10. The molecule has 0 saturated heterocycles.